The Labute approximate surface area is 187 Å². The smallest absolute Gasteiger partial charge is 0.224 e. The molecule has 31 heavy (non-hydrogen) atoms. The topological polar surface area (TPSA) is 64.6 Å². The molecule has 1 fully saturated rings. The van der Waals surface area contributed by atoms with E-state index >= 15 is 0 Å². The third-order valence-electron chi connectivity index (χ3n) is 5.90. The van der Waals surface area contributed by atoms with E-state index in [1.165, 1.54) is 19.3 Å². The largest absolute Gasteiger partial charge is 0.490 e. The number of benzene rings is 2. The van der Waals surface area contributed by atoms with E-state index in [4.69, 9.17) is 9.47 Å². The van der Waals surface area contributed by atoms with E-state index < -0.39 is 10.8 Å². The van der Waals surface area contributed by atoms with Gasteiger partial charge in [-0.15, -0.1) is 0 Å². The van der Waals surface area contributed by atoms with Crippen molar-refractivity contribution in [3.05, 3.63) is 53.6 Å². The summed E-state index contributed by atoms with van der Waals surface area (Å²) in [6.45, 7) is 1.32. The van der Waals surface area contributed by atoms with Crippen molar-refractivity contribution in [2.24, 2.45) is 0 Å². The molecule has 1 heterocycles. The lowest BCUT2D eigenvalue weighted by molar-refractivity contribution is -0.116. The highest BCUT2D eigenvalue weighted by Gasteiger charge is 2.20. The van der Waals surface area contributed by atoms with Crippen LogP contribution >= 0.6 is 0 Å². The highest BCUT2D eigenvalue weighted by Crippen LogP contribution is 2.31. The maximum atomic E-state index is 12.7. The summed E-state index contributed by atoms with van der Waals surface area (Å²) >= 11 is 0. The Bertz CT molecular complexity index is 923. The third-order valence-corrected chi connectivity index (χ3v) is 7.73. The molecule has 1 saturated carbocycles. The lowest BCUT2D eigenvalue weighted by atomic mass is 10.0. The van der Waals surface area contributed by atoms with E-state index in [-0.39, 0.29) is 5.91 Å². The second-order valence-corrected chi connectivity index (χ2v) is 10.1. The average Bonchev–Trinajstić information content (AvgIpc) is 3.03. The van der Waals surface area contributed by atoms with Gasteiger partial charge in [-0.05, 0) is 54.7 Å². The fourth-order valence-electron chi connectivity index (χ4n) is 4.19. The van der Waals surface area contributed by atoms with Crippen LogP contribution in [0.5, 0.6) is 11.5 Å². The molecule has 1 N–H and O–H groups in total. The number of anilines is 1. The molecule has 1 unspecified atom stereocenters. The van der Waals surface area contributed by atoms with Gasteiger partial charge in [-0.25, -0.2) is 0 Å². The standard InChI is InChI=1S/C25H31NO4S/c27-25(13-11-19-10-12-23-24(17-19)30-15-5-14-29-23)26-21-7-4-6-20(16-21)18-31(28)22-8-2-1-3-9-22/h4,6-7,10,12,16-17,22H,1-3,5,8-9,11,13-15,18H2,(H,26,27). The fraction of sp³-hybridized carbons (Fsp3) is 0.480. The summed E-state index contributed by atoms with van der Waals surface area (Å²) in [5.41, 5.74) is 2.84. The van der Waals surface area contributed by atoms with Gasteiger partial charge in [0.25, 0.3) is 0 Å². The first-order valence-corrected chi connectivity index (χ1v) is 12.7. The van der Waals surface area contributed by atoms with E-state index in [2.05, 4.69) is 5.32 Å². The summed E-state index contributed by atoms with van der Waals surface area (Å²) in [6, 6.07) is 13.6. The predicted molar refractivity (Wildman–Crippen MR) is 124 cm³/mol. The second-order valence-electron chi connectivity index (χ2n) is 8.37. The Morgan fingerprint density at radius 1 is 0.935 bits per heavy atom. The Balaban J connectivity index is 1.29. The third kappa shape index (κ3) is 6.33. The Hall–Kier alpha value is -2.34. The summed E-state index contributed by atoms with van der Waals surface area (Å²) in [5, 5.41) is 3.31. The first-order valence-electron chi connectivity index (χ1n) is 11.3. The molecule has 0 radical (unpaired) electrons. The molecule has 2 aromatic rings. The molecule has 6 heteroatoms. The van der Waals surface area contributed by atoms with Gasteiger partial charge in [0.2, 0.25) is 5.91 Å². The number of carbonyl (C=O) groups is 1. The normalized spacial score (nSPS) is 17.5. The molecule has 1 amide bonds. The van der Waals surface area contributed by atoms with E-state index in [1.54, 1.807) is 0 Å². The summed E-state index contributed by atoms with van der Waals surface area (Å²) in [7, 11) is -0.844. The van der Waals surface area contributed by atoms with Crippen LogP contribution < -0.4 is 14.8 Å². The monoisotopic (exact) mass is 441 g/mol. The lowest BCUT2D eigenvalue weighted by Gasteiger charge is -2.21. The van der Waals surface area contributed by atoms with E-state index in [1.807, 2.05) is 42.5 Å². The van der Waals surface area contributed by atoms with E-state index in [9.17, 15) is 9.00 Å². The molecule has 2 aromatic carbocycles. The number of nitrogens with one attached hydrogen (secondary N) is 1. The zero-order valence-corrected chi connectivity index (χ0v) is 18.8. The highest BCUT2D eigenvalue weighted by atomic mass is 32.2. The molecular weight excluding hydrogens is 410 g/mol. The van der Waals surface area contributed by atoms with Crippen molar-refractivity contribution in [2.75, 3.05) is 18.5 Å². The van der Waals surface area contributed by atoms with Gasteiger partial charge in [0.05, 0.1) is 13.2 Å². The number of hydrogen-bond acceptors (Lipinski definition) is 4. The van der Waals surface area contributed by atoms with Crippen LogP contribution in [0.25, 0.3) is 0 Å². The van der Waals surface area contributed by atoms with Crippen molar-refractivity contribution in [1.29, 1.82) is 0 Å². The molecule has 1 aliphatic carbocycles. The van der Waals surface area contributed by atoms with Gasteiger partial charge in [-0.3, -0.25) is 9.00 Å². The second kappa shape index (κ2) is 10.8. The molecule has 5 nitrogen and oxygen atoms in total. The Kier molecular flexibility index (Phi) is 7.62. The minimum Gasteiger partial charge on any atom is -0.490 e. The number of aryl methyl sites for hydroxylation is 1. The van der Waals surface area contributed by atoms with Gasteiger partial charge in [0.1, 0.15) is 0 Å². The number of hydrogen-bond donors (Lipinski definition) is 1. The van der Waals surface area contributed by atoms with Crippen molar-refractivity contribution in [1.82, 2.24) is 0 Å². The van der Waals surface area contributed by atoms with Crippen molar-refractivity contribution in [3.8, 4) is 11.5 Å². The average molecular weight is 442 g/mol. The molecule has 0 spiro atoms. The number of fused-ring (bicyclic) bond motifs is 1. The minimum absolute atomic E-state index is 0.0299. The van der Waals surface area contributed by atoms with Gasteiger partial charge in [-0.1, -0.05) is 37.5 Å². The van der Waals surface area contributed by atoms with E-state index in [0.29, 0.717) is 37.1 Å². The Morgan fingerprint density at radius 2 is 1.74 bits per heavy atom. The van der Waals surface area contributed by atoms with Gasteiger partial charge < -0.3 is 14.8 Å². The Morgan fingerprint density at radius 3 is 2.58 bits per heavy atom. The highest BCUT2D eigenvalue weighted by molar-refractivity contribution is 7.84. The molecule has 1 aliphatic heterocycles. The van der Waals surface area contributed by atoms with Crippen molar-refractivity contribution in [3.63, 3.8) is 0 Å². The van der Waals surface area contributed by atoms with Crippen LogP contribution in [0.3, 0.4) is 0 Å². The van der Waals surface area contributed by atoms with Crippen LogP contribution in [0.4, 0.5) is 5.69 Å². The first kappa shape index (κ1) is 21.9. The van der Waals surface area contributed by atoms with Crippen LogP contribution in [0, 0.1) is 0 Å². The van der Waals surface area contributed by atoms with Crippen LogP contribution in [0.1, 0.15) is 56.1 Å². The SMILES string of the molecule is O=C(CCc1ccc2c(c1)OCCCO2)Nc1cccc(CS(=O)C2CCCCC2)c1. The van der Waals surface area contributed by atoms with Crippen molar-refractivity contribution < 1.29 is 18.5 Å². The van der Waals surface area contributed by atoms with Gasteiger partial charge in [-0.2, -0.15) is 0 Å². The zero-order chi connectivity index (χ0) is 21.5. The lowest BCUT2D eigenvalue weighted by Crippen LogP contribution is -2.20. The van der Waals surface area contributed by atoms with E-state index in [0.717, 1.165) is 47.6 Å². The molecule has 4 rings (SSSR count). The maximum Gasteiger partial charge on any atom is 0.224 e. The van der Waals surface area contributed by atoms with Gasteiger partial charge in [0, 0.05) is 40.3 Å². The predicted octanol–water partition coefficient (Wildman–Crippen LogP) is 5.00. The van der Waals surface area contributed by atoms with Crippen molar-refractivity contribution in [2.45, 2.75) is 62.4 Å². The summed E-state index contributed by atoms with van der Waals surface area (Å²) in [5.74, 6) is 2.06. The van der Waals surface area contributed by atoms with Crippen LogP contribution in [-0.2, 0) is 27.8 Å². The zero-order valence-electron chi connectivity index (χ0n) is 17.9. The fourth-order valence-corrected chi connectivity index (χ4v) is 5.80. The van der Waals surface area contributed by atoms with Crippen LogP contribution in [0.15, 0.2) is 42.5 Å². The van der Waals surface area contributed by atoms with Gasteiger partial charge in [0.15, 0.2) is 11.5 Å². The molecule has 0 aromatic heterocycles. The first-order chi connectivity index (χ1) is 15.2. The molecule has 2 aliphatic rings. The number of ether oxygens (including phenoxy) is 2. The molecule has 1 atom stereocenters. The summed E-state index contributed by atoms with van der Waals surface area (Å²) in [4.78, 5) is 12.5. The summed E-state index contributed by atoms with van der Waals surface area (Å²) in [6.07, 6.45) is 7.68. The molecular formula is C25H31NO4S. The number of carbonyl (C=O) groups excluding carboxylic acids is 1. The quantitative estimate of drug-likeness (QED) is 0.657. The summed E-state index contributed by atoms with van der Waals surface area (Å²) < 4.78 is 24.1. The van der Waals surface area contributed by atoms with Gasteiger partial charge >= 0.3 is 0 Å². The molecule has 166 valence electrons. The minimum atomic E-state index is -0.844. The number of amides is 1. The molecule has 0 saturated heterocycles. The number of rotatable bonds is 7. The van der Waals surface area contributed by atoms with Crippen LogP contribution in [0.2, 0.25) is 0 Å². The maximum absolute atomic E-state index is 12.7. The van der Waals surface area contributed by atoms with Crippen molar-refractivity contribution >= 4 is 22.4 Å². The molecule has 0 bridgehead atoms. The van der Waals surface area contributed by atoms with Crippen LogP contribution in [-0.4, -0.2) is 28.6 Å².